The third-order valence-electron chi connectivity index (χ3n) is 4.53. The van der Waals surface area contributed by atoms with E-state index in [9.17, 15) is 14.7 Å². The van der Waals surface area contributed by atoms with Crippen LogP contribution in [0.2, 0.25) is 0 Å². The van der Waals surface area contributed by atoms with Gasteiger partial charge in [-0.05, 0) is 31.6 Å². The van der Waals surface area contributed by atoms with Gasteiger partial charge in [0.1, 0.15) is 6.04 Å². The average molecular weight is 254 g/mol. The first-order valence-electron chi connectivity index (χ1n) is 6.78. The van der Waals surface area contributed by atoms with Crippen LogP contribution in [0, 0.1) is 11.3 Å². The van der Waals surface area contributed by atoms with Crippen molar-refractivity contribution in [2.45, 2.75) is 45.1 Å². The molecule has 2 aliphatic rings. The normalized spacial score (nSPS) is 30.0. The molecule has 1 amide bonds. The van der Waals surface area contributed by atoms with E-state index in [1.807, 2.05) is 0 Å². The summed E-state index contributed by atoms with van der Waals surface area (Å²) in [4.78, 5) is 25.3. The lowest BCUT2D eigenvalue weighted by molar-refractivity contribution is -0.155. The van der Waals surface area contributed by atoms with Crippen LogP contribution in [0.5, 0.6) is 0 Å². The molecule has 2 atom stereocenters. The molecule has 2 fully saturated rings. The molecule has 5 heteroatoms. The lowest BCUT2D eigenvalue weighted by atomic mass is 9.87. The predicted octanol–water partition coefficient (Wildman–Crippen LogP) is 0.827. The first kappa shape index (κ1) is 13.3. The molecule has 0 radical (unpaired) electrons. The first-order valence-corrected chi connectivity index (χ1v) is 6.78. The van der Waals surface area contributed by atoms with Crippen molar-refractivity contribution >= 4 is 11.9 Å². The quantitative estimate of drug-likeness (QED) is 0.778. The number of nitrogens with two attached hydrogens (primary N) is 1. The molecule has 1 aliphatic carbocycles. The molecule has 102 valence electrons. The molecule has 2 unspecified atom stereocenters. The van der Waals surface area contributed by atoms with E-state index in [2.05, 4.69) is 6.92 Å². The summed E-state index contributed by atoms with van der Waals surface area (Å²) in [6.07, 6.45) is 4.09. The molecule has 0 aromatic rings. The van der Waals surface area contributed by atoms with E-state index < -0.39 is 17.4 Å². The summed E-state index contributed by atoms with van der Waals surface area (Å²) in [7, 11) is 0. The lowest BCUT2D eigenvalue weighted by Crippen LogP contribution is -2.53. The minimum absolute atomic E-state index is 0.0352. The smallest absolute Gasteiger partial charge is 0.326 e. The fourth-order valence-corrected chi connectivity index (χ4v) is 2.85. The summed E-state index contributed by atoms with van der Waals surface area (Å²) >= 11 is 0. The second-order valence-electron chi connectivity index (χ2n) is 5.64. The Morgan fingerprint density at radius 2 is 2.11 bits per heavy atom. The maximum atomic E-state index is 12.4. The Hall–Kier alpha value is -1.10. The zero-order chi connectivity index (χ0) is 13.3. The second kappa shape index (κ2) is 4.88. The molecule has 18 heavy (non-hydrogen) atoms. The molecule has 0 aromatic heterocycles. The third kappa shape index (κ3) is 2.23. The van der Waals surface area contributed by atoms with Gasteiger partial charge in [0.2, 0.25) is 5.91 Å². The van der Waals surface area contributed by atoms with Crippen molar-refractivity contribution in [1.82, 2.24) is 4.90 Å². The summed E-state index contributed by atoms with van der Waals surface area (Å²) in [5.41, 5.74) is 5.22. The first-order chi connectivity index (χ1) is 8.54. The molecular weight excluding hydrogens is 232 g/mol. The second-order valence-corrected chi connectivity index (χ2v) is 5.64. The number of hydrogen-bond donors (Lipinski definition) is 2. The van der Waals surface area contributed by atoms with Crippen LogP contribution in [0.3, 0.4) is 0 Å². The lowest BCUT2D eigenvalue weighted by Gasteiger charge is -2.38. The zero-order valence-electron chi connectivity index (χ0n) is 10.9. The predicted molar refractivity (Wildman–Crippen MR) is 66.9 cm³/mol. The average Bonchev–Trinajstić information content (AvgIpc) is 3.18. The van der Waals surface area contributed by atoms with E-state index in [-0.39, 0.29) is 5.91 Å². The van der Waals surface area contributed by atoms with E-state index in [0.717, 1.165) is 25.7 Å². The van der Waals surface area contributed by atoms with Gasteiger partial charge in [-0.3, -0.25) is 4.79 Å². The number of nitrogens with zero attached hydrogens (tertiary/aromatic N) is 1. The van der Waals surface area contributed by atoms with Gasteiger partial charge in [-0.1, -0.05) is 13.3 Å². The summed E-state index contributed by atoms with van der Waals surface area (Å²) in [5, 5.41) is 9.30. The van der Waals surface area contributed by atoms with E-state index in [4.69, 9.17) is 5.73 Å². The Balaban J connectivity index is 2.11. The Kier molecular flexibility index (Phi) is 3.61. The molecule has 2 rings (SSSR count). The van der Waals surface area contributed by atoms with Crippen molar-refractivity contribution in [3.05, 3.63) is 0 Å². The number of piperidine rings is 1. The van der Waals surface area contributed by atoms with Crippen LogP contribution in [0.1, 0.15) is 39.0 Å². The SMILES string of the molecule is CCC1CCN(C(=O)C2(CN)CC2)C(C(=O)O)C1. The number of carboxylic acids is 1. The Labute approximate surface area is 107 Å². The molecule has 1 heterocycles. The molecule has 3 N–H and O–H groups in total. The summed E-state index contributed by atoms with van der Waals surface area (Å²) in [6, 6.07) is -0.653. The molecule has 0 spiro atoms. The number of carbonyl (C=O) groups is 2. The van der Waals surface area contributed by atoms with E-state index >= 15 is 0 Å². The zero-order valence-corrected chi connectivity index (χ0v) is 10.9. The van der Waals surface area contributed by atoms with Gasteiger partial charge in [0, 0.05) is 13.1 Å². The number of carboxylic acid groups (broad SMARTS) is 1. The van der Waals surface area contributed by atoms with Gasteiger partial charge in [0.05, 0.1) is 5.41 Å². The van der Waals surface area contributed by atoms with Crippen LogP contribution in [0.25, 0.3) is 0 Å². The third-order valence-corrected chi connectivity index (χ3v) is 4.53. The highest BCUT2D eigenvalue weighted by atomic mass is 16.4. The van der Waals surface area contributed by atoms with E-state index in [1.54, 1.807) is 4.90 Å². The van der Waals surface area contributed by atoms with Gasteiger partial charge in [-0.15, -0.1) is 0 Å². The van der Waals surface area contributed by atoms with Crippen LogP contribution in [0.15, 0.2) is 0 Å². The number of carbonyl (C=O) groups excluding carboxylic acids is 1. The molecule has 5 nitrogen and oxygen atoms in total. The maximum Gasteiger partial charge on any atom is 0.326 e. The maximum absolute atomic E-state index is 12.4. The van der Waals surface area contributed by atoms with Crippen molar-refractivity contribution in [1.29, 1.82) is 0 Å². The molecule has 0 aromatic carbocycles. The molecular formula is C13H22N2O3. The van der Waals surface area contributed by atoms with Crippen molar-refractivity contribution in [2.24, 2.45) is 17.1 Å². The fraction of sp³-hybridized carbons (Fsp3) is 0.846. The standard InChI is InChI=1S/C13H22N2O3/c1-2-9-3-6-15(10(7-9)11(16)17)12(18)13(8-14)4-5-13/h9-10H,2-8,14H2,1H3,(H,16,17). The highest BCUT2D eigenvalue weighted by Crippen LogP contribution is 2.47. The monoisotopic (exact) mass is 254 g/mol. The number of likely N-dealkylation sites (tertiary alicyclic amines) is 1. The van der Waals surface area contributed by atoms with Gasteiger partial charge >= 0.3 is 5.97 Å². The summed E-state index contributed by atoms with van der Waals surface area (Å²) in [6.45, 7) is 2.98. The minimum atomic E-state index is -0.880. The van der Waals surface area contributed by atoms with Crippen LogP contribution in [-0.2, 0) is 9.59 Å². The van der Waals surface area contributed by atoms with Crippen molar-refractivity contribution < 1.29 is 14.7 Å². The van der Waals surface area contributed by atoms with Gasteiger partial charge in [-0.2, -0.15) is 0 Å². The van der Waals surface area contributed by atoms with Crippen LogP contribution >= 0.6 is 0 Å². The Morgan fingerprint density at radius 1 is 1.44 bits per heavy atom. The largest absolute Gasteiger partial charge is 0.480 e. The summed E-state index contributed by atoms with van der Waals surface area (Å²) < 4.78 is 0. The molecule has 0 bridgehead atoms. The molecule has 1 saturated heterocycles. The van der Waals surface area contributed by atoms with Gasteiger partial charge in [0.25, 0.3) is 0 Å². The van der Waals surface area contributed by atoms with Gasteiger partial charge in [0.15, 0.2) is 0 Å². The number of aliphatic carboxylic acids is 1. The Morgan fingerprint density at radius 3 is 2.56 bits per heavy atom. The van der Waals surface area contributed by atoms with Gasteiger partial charge < -0.3 is 15.7 Å². The van der Waals surface area contributed by atoms with Crippen LogP contribution < -0.4 is 5.73 Å². The molecule has 1 aliphatic heterocycles. The number of rotatable bonds is 4. The highest BCUT2D eigenvalue weighted by molar-refractivity contribution is 5.89. The van der Waals surface area contributed by atoms with Crippen molar-refractivity contribution in [2.75, 3.05) is 13.1 Å². The van der Waals surface area contributed by atoms with Crippen LogP contribution in [-0.4, -0.2) is 41.0 Å². The highest BCUT2D eigenvalue weighted by Gasteiger charge is 2.52. The van der Waals surface area contributed by atoms with Crippen LogP contribution in [0.4, 0.5) is 0 Å². The van der Waals surface area contributed by atoms with E-state index in [1.165, 1.54) is 0 Å². The van der Waals surface area contributed by atoms with Crippen molar-refractivity contribution in [3.8, 4) is 0 Å². The Bertz CT molecular complexity index is 352. The van der Waals surface area contributed by atoms with Gasteiger partial charge in [-0.25, -0.2) is 4.79 Å². The topological polar surface area (TPSA) is 83.6 Å². The molecule has 1 saturated carbocycles. The summed E-state index contributed by atoms with van der Waals surface area (Å²) in [5.74, 6) is -0.496. The minimum Gasteiger partial charge on any atom is -0.480 e. The number of hydrogen-bond acceptors (Lipinski definition) is 3. The fourth-order valence-electron chi connectivity index (χ4n) is 2.85. The number of amides is 1. The van der Waals surface area contributed by atoms with E-state index in [0.29, 0.717) is 25.4 Å². The van der Waals surface area contributed by atoms with Crippen molar-refractivity contribution in [3.63, 3.8) is 0 Å².